The SMILES string of the molecule is CCNCc1sc(-c2ccc(F)c(F)c2F)nc1CC. The highest BCUT2D eigenvalue weighted by atomic mass is 32.1. The molecule has 1 aromatic heterocycles. The van der Waals surface area contributed by atoms with Crippen LogP contribution in [0.15, 0.2) is 12.1 Å². The van der Waals surface area contributed by atoms with Crippen molar-refractivity contribution in [3.8, 4) is 10.6 Å². The largest absolute Gasteiger partial charge is 0.312 e. The van der Waals surface area contributed by atoms with E-state index < -0.39 is 17.5 Å². The normalized spacial score (nSPS) is 11.1. The van der Waals surface area contributed by atoms with Crippen molar-refractivity contribution >= 4 is 11.3 Å². The van der Waals surface area contributed by atoms with Gasteiger partial charge in [-0.05, 0) is 25.1 Å². The molecule has 0 atom stereocenters. The topological polar surface area (TPSA) is 24.9 Å². The van der Waals surface area contributed by atoms with Gasteiger partial charge in [-0.1, -0.05) is 13.8 Å². The number of benzene rings is 1. The average Bonchev–Trinajstić information content (AvgIpc) is 2.85. The summed E-state index contributed by atoms with van der Waals surface area (Å²) in [6.45, 7) is 5.40. The first-order valence-electron chi connectivity index (χ1n) is 6.41. The van der Waals surface area contributed by atoms with E-state index in [1.54, 1.807) is 0 Å². The van der Waals surface area contributed by atoms with E-state index in [1.807, 2.05) is 13.8 Å². The fourth-order valence-corrected chi connectivity index (χ4v) is 2.98. The maximum atomic E-state index is 13.8. The van der Waals surface area contributed by atoms with E-state index in [0.717, 1.165) is 23.2 Å². The van der Waals surface area contributed by atoms with Crippen molar-refractivity contribution in [2.24, 2.45) is 0 Å². The predicted octanol–water partition coefficient (Wildman–Crippen LogP) is 3.90. The molecule has 0 saturated carbocycles. The number of rotatable bonds is 5. The number of nitrogens with zero attached hydrogens (tertiary/aromatic N) is 1. The zero-order valence-electron chi connectivity index (χ0n) is 11.3. The molecule has 2 aromatic rings. The molecule has 0 radical (unpaired) electrons. The highest BCUT2D eigenvalue weighted by Crippen LogP contribution is 2.31. The molecule has 2 nitrogen and oxygen atoms in total. The van der Waals surface area contributed by atoms with Crippen LogP contribution in [0.2, 0.25) is 0 Å². The monoisotopic (exact) mass is 300 g/mol. The Morgan fingerprint density at radius 1 is 1.15 bits per heavy atom. The maximum Gasteiger partial charge on any atom is 0.195 e. The van der Waals surface area contributed by atoms with Gasteiger partial charge in [0, 0.05) is 17.0 Å². The van der Waals surface area contributed by atoms with Crippen molar-refractivity contribution in [1.82, 2.24) is 10.3 Å². The summed E-state index contributed by atoms with van der Waals surface area (Å²) in [5.74, 6) is -3.83. The Morgan fingerprint density at radius 3 is 2.55 bits per heavy atom. The molecular weight excluding hydrogens is 285 g/mol. The quantitative estimate of drug-likeness (QED) is 0.847. The van der Waals surface area contributed by atoms with Gasteiger partial charge < -0.3 is 5.32 Å². The molecule has 1 N–H and O–H groups in total. The van der Waals surface area contributed by atoms with Gasteiger partial charge in [-0.15, -0.1) is 11.3 Å². The van der Waals surface area contributed by atoms with Crippen LogP contribution in [-0.2, 0) is 13.0 Å². The van der Waals surface area contributed by atoms with E-state index in [1.165, 1.54) is 17.4 Å². The van der Waals surface area contributed by atoms with Crippen LogP contribution in [0.1, 0.15) is 24.4 Å². The summed E-state index contributed by atoms with van der Waals surface area (Å²) in [7, 11) is 0. The first kappa shape index (κ1) is 15.0. The first-order chi connectivity index (χ1) is 9.58. The number of aryl methyl sites for hydroxylation is 1. The maximum absolute atomic E-state index is 13.8. The molecule has 0 aliphatic carbocycles. The fraction of sp³-hybridized carbons (Fsp3) is 0.357. The van der Waals surface area contributed by atoms with Crippen molar-refractivity contribution in [2.75, 3.05) is 6.54 Å². The molecule has 0 saturated heterocycles. The minimum Gasteiger partial charge on any atom is -0.312 e. The highest BCUT2D eigenvalue weighted by molar-refractivity contribution is 7.15. The van der Waals surface area contributed by atoms with Crippen LogP contribution >= 0.6 is 11.3 Å². The Morgan fingerprint density at radius 2 is 1.90 bits per heavy atom. The Bertz CT molecular complexity index is 611. The third-order valence-corrected chi connectivity index (χ3v) is 4.05. The zero-order chi connectivity index (χ0) is 14.7. The number of aromatic nitrogens is 1. The van der Waals surface area contributed by atoms with Crippen LogP contribution < -0.4 is 5.32 Å². The van der Waals surface area contributed by atoms with Gasteiger partial charge in [0.25, 0.3) is 0 Å². The molecule has 0 unspecified atom stereocenters. The molecule has 0 spiro atoms. The van der Waals surface area contributed by atoms with Gasteiger partial charge >= 0.3 is 0 Å². The molecule has 0 amide bonds. The van der Waals surface area contributed by atoms with Crippen molar-refractivity contribution in [1.29, 1.82) is 0 Å². The van der Waals surface area contributed by atoms with Gasteiger partial charge in [0.05, 0.1) is 5.69 Å². The second-order valence-electron chi connectivity index (χ2n) is 4.25. The number of thiazole rings is 1. The van der Waals surface area contributed by atoms with Crippen molar-refractivity contribution < 1.29 is 13.2 Å². The number of halogens is 3. The molecule has 1 heterocycles. The minimum absolute atomic E-state index is 0.00588. The van der Waals surface area contributed by atoms with Gasteiger partial charge in [0.1, 0.15) is 5.01 Å². The van der Waals surface area contributed by atoms with E-state index in [9.17, 15) is 13.2 Å². The van der Waals surface area contributed by atoms with Crippen LogP contribution in [0.5, 0.6) is 0 Å². The molecule has 2 rings (SSSR count). The third kappa shape index (κ3) is 2.86. The third-order valence-electron chi connectivity index (χ3n) is 2.91. The summed E-state index contributed by atoms with van der Waals surface area (Å²) in [5, 5.41) is 3.56. The molecule has 0 bridgehead atoms. The predicted molar refractivity (Wildman–Crippen MR) is 74.2 cm³/mol. The number of hydrogen-bond donors (Lipinski definition) is 1. The lowest BCUT2D eigenvalue weighted by Gasteiger charge is -2.01. The summed E-state index contributed by atoms with van der Waals surface area (Å²) in [6.07, 6.45) is 0.711. The minimum atomic E-state index is -1.45. The standard InChI is InChI=1S/C14H15F3N2S/c1-3-10-11(7-18-4-2)20-14(19-10)8-5-6-9(15)13(17)12(8)16/h5-6,18H,3-4,7H2,1-2H3. The molecule has 0 fully saturated rings. The number of nitrogens with one attached hydrogen (secondary N) is 1. The second kappa shape index (κ2) is 6.37. The van der Waals surface area contributed by atoms with Gasteiger partial charge in [-0.2, -0.15) is 0 Å². The van der Waals surface area contributed by atoms with E-state index >= 15 is 0 Å². The van der Waals surface area contributed by atoms with Gasteiger partial charge in [-0.25, -0.2) is 18.2 Å². The Kier molecular flexibility index (Phi) is 4.77. The van der Waals surface area contributed by atoms with E-state index in [2.05, 4.69) is 10.3 Å². The molecule has 1 aromatic carbocycles. The van der Waals surface area contributed by atoms with Crippen LogP contribution in [0, 0.1) is 17.5 Å². The van der Waals surface area contributed by atoms with Crippen LogP contribution in [0.3, 0.4) is 0 Å². The smallest absolute Gasteiger partial charge is 0.195 e. The summed E-state index contributed by atoms with van der Waals surface area (Å²) in [4.78, 5) is 5.33. The summed E-state index contributed by atoms with van der Waals surface area (Å²) >= 11 is 1.30. The van der Waals surface area contributed by atoms with E-state index in [0.29, 0.717) is 18.0 Å². The van der Waals surface area contributed by atoms with Gasteiger partial charge in [0.2, 0.25) is 0 Å². The summed E-state index contributed by atoms with van der Waals surface area (Å²) in [6, 6.07) is 2.15. The van der Waals surface area contributed by atoms with Gasteiger partial charge in [0.15, 0.2) is 17.5 Å². The van der Waals surface area contributed by atoms with Crippen molar-refractivity contribution in [2.45, 2.75) is 26.8 Å². The van der Waals surface area contributed by atoms with Crippen molar-refractivity contribution in [3.05, 3.63) is 40.2 Å². The lowest BCUT2D eigenvalue weighted by molar-refractivity contribution is 0.449. The zero-order valence-corrected chi connectivity index (χ0v) is 12.1. The lowest BCUT2D eigenvalue weighted by atomic mass is 10.2. The molecular formula is C14H15F3N2S. The molecule has 6 heteroatoms. The molecule has 0 aliphatic rings. The highest BCUT2D eigenvalue weighted by Gasteiger charge is 2.18. The fourth-order valence-electron chi connectivity index (χ4n) is 1.84. The Labute approximate surface area is 119 Å². The first-order valence-corrected chi connectivity index (χ1v) is 7.23. The second-order valence-corrected chi connectivity index (χ2v) is 5.33. The van der Waals surface area contributed by atoms with Crippen LogP contribution in [-0.4, -0.2) is 11.5 Å². The van der Waals surface area contributed by atoms with Crippen molar-refractivity contribution in [3.63, 3.8) is 0 Å². The Hall–Kier alpha value is -1.40. The summed E-state index contributed by atoms with van der Waals surface area (Å²) < 4.78 is 40.0. The van der Waals surface area contributed by atoms with Crippen LogP contribution in [0.25, 0.3) is 10.6 Å². The lowest BCUT2D eigenvalue weighted by Crippen LogP contribution is -2.11. The molecule has 20 heavy (non-hydrogen) atoms. The van der Waals surface area contributed by atoms with Gasteiger partial charge in [-0.3, -0.25) is 0 Å². The van der Waals surface area contributed by atoms with E-state index in [4.69, 9.17) is 0 Å². The molecule has 0 aliphatic heterocycles. The van der Waals surface area contributed by atoms with E-state index in [-0.39, 0.29) is 5.56 Å². The summed E-state index contributed by atoms with van der Waals surface area (Å²) in [5.41, 5.74) is 0.862. The molecule has 108 valence electrons. The Balaban J connectivity index is 2.43. The van der Waals surface area contributed by atoms with Crippen LogP contribution in [0.4, 0.5) is 13.2 Å². The average molecular weight is 300 g/mol. The number of hydrogen-bond acceptors (Lipinski definition) is 3.